The molecule has 5 nitrogen and oxygen atoms in total. The molecule has 0 N–H and O–H groups in total. The molecule has 2 bridgehead atoms. The minimum absolute atomic E-state index is 0.0891. The fraction of sp³-hybridized carbons (Fsp3) is 0.667. The molecule has 4 atom stereocenters. The van der Waals surface area contributed by atoms with E-state index in [9.17, 15) is 14.4 Å². The molecule has 1 saturated carbocycles. The van der Waals surface area contributed by atoms with Crippen LogP contribution in [-0.4, -0.2) is 29.9 Å². The minimum Gasteiger partial charge on any atom is -0.386 e. The molecule has 3 heterocycles. The molecule has 0 spiro atoms. The normalized spacial score (nSPS) is 44.4. The number of aldehydes is 1. The smallest absolute Gasteiger partial charge is 0.345 e. The third kappa shape index (κ3) is 1.29. The van der Waals surface area contributed by atoms with Crippen molar-refractivity contribution >= 4 is 18.2 Å². The molecule has 1 aliphatic carbocycles. The average Bonchev–Trinajstić information content (AvgIpc) is 2.92. The van der Waals surface area contributed by atoms with Crippen molar-refractivity contribution in [3.63, 3.8) is 0 Å². The van der Waals surface area contributed by atoms with E-state index in [0.717, 1.165) is 19.1 Å². The Hall–Kier alpha value is -1.49. The number of fused-ring (bicyclic) bond motifs is 6. The van der Waals surface area contributed by atoms with Gasteiger partial charge in [-0.25, -0.2) is 9.59 Å². The predicted octanol–water partition coefficient (Wildman–Crippen LogP) is 1.16. The summed E-state index contributed by atoms with van der Waals surface area (Å²) in [5.74, 6) is -0.962. The van der Waals surface area contributed by atoms with Gasteiger partial charge in [-0.2, -0.15) is 0 Å². The van der Waals surface area contributed by atoms with Gasteiger partial charge in [-0.1, -0.05) is 13.8 Å². The van der Waals surface area contributed by atoms with Gasteiger partial charge < -0.3 is 14.3 Å². The summed E-state index contributed by atoms with van der Waals surface area (Å²) in [6, 6.07) is 0. The van der Waals surface area contributed by atoms with E-state index in [4.69, 9.17) is 9.47 Å². The molecule has 0 radical (unpaired) electrons. The second-order valence-electron chi connectivity index (χ2n) is 7.20. The van der Waals surface area contributed by atoms with Crippen molar-refractivity contribution in [2.24, 2.45) is 17.3 Å². The third-order valence-corrected chi connectivity index (χ3v) is 5.35. The summed E-state index contributed by atoms with van der Waals surface area (Å²) in [7, 11) is 0. The van der Waals surface area contributed by atoms with E-state index in [1.807, 2.05) is 0 Å². The lowest BCUT2D eigenvalue weighted by Crippen LogP contribution is -2.42. The maximum absolute atomic E-state index is 11.9. The highest BCUT2D eigenvalue weighted by Gasteiger charge is 2.66. The number of carbonyl (C=O) groups is 3. The number of esters is 2. The van der Waals surface area contributed by atoms with Gasteiger partial charge in [-0.15, -0.1) is 0 Å². The van der Waals surface area contributed by atoms with Crippen LogP contribution >= 0.6 is 0 Å². The van der Waals surface area contributed by atoms with Crippen molar-refractivity contribution in [1.29, 1.82) is 0 Å². The Morgan fingerprint density at radius 1 is 1.20 bits per heavy atom. The number of ether oxygens (including phenoxy) is 2. The number of hydrogen-bond donors (Lipinski definition) is 0. The molecule has 0 amide bonds. The molecule has 0 unspecified atom stereocenters. The lowest BCUT2D eigenvalue weighted by atomic mass is 9.79. The molecule has 5 heteroatoms. The first-order valence-corrected chi connectivity index (χ1v) is 7.01. The highest BCUT2D eigenvalue weighted by atomic mass is 16.6. The SMILES string of the molecule is CC1(C)C[C@H]2[C@H]3O[C@](C=O)(CC4=C3C(=O)OC4=O)[C@H]2C1. The molecule has 1 saturated heterocycles. The molecular weight excluding hydrogens is 260 g/mol. The average molecular weight is 276 g/mol. The van der Waals surface area contributed by atoms with E-state index in [0.29, 0.717) is 11.1 Å². The zero-order valence-corrected chi connectivity index (χ0v) is 11.5. The van der Waals surface area contributed by atoms with Gasteiger partial charge in [-0.05, 0) is 24.2 Å². The van der Waals surface area contributed by atoms with Crippen molar-refractivity contribution in [1.82, 2.24) is 0 Å². The quantitative estimate of drug-likeness (QED) is 0.408. The predicted molar refractivity (Wildman–Crippen MR) is 66.4 cm³/mol. The van der Waals surface area contributed by atoms with E-state index >= 15 is 0 Å². The summed E-state index contributed by atoms with van der Waals surface area (Å²) >= 11 is 0. The zero-order chi connectivity index (χ0) is 14.3. The number of hydrogen-bond acceptors (Lipinski definition) is 5. The lowest BCUT2D eigenvalue weighted by Gasteiger charge is -2.33. The van der Waals surface area contributed by atoms with Crippen LogP contribution in [0.1, 0.15) is 33.1 Å². The van der Waals surface area contributed by atoms with Gasteiger partial charge in [0.15, 0.2) is 6.29 Å². The van der Waals surface area contributed by atoms with Crippen LogP contribution in [0.5, 0.6) is 0 Å². The van der Waals surface area contributed by atoms with E-state index < -0.39 is 23.6 Å². The van der Waals surface area contributed by atoms with Crippen molar-refractivity contribution in [3.05, 3.63) is 11.1 Å². The Labute approximate surface area is 116 Å². The van der Waals surface area contributed by atoms with Crippen LogP contribution in [0.4, 0.5) is 0 Å². The molecule has 2 fully saturated rings. The van der Waals surface area contributed by atoms with Crippen LogP contribution in [-0.2, 0) is 23.9 Å². The molecule has 106 valence electrons. The number of carbonyl (C=O) groups excluding carboxylic acids is 3. The first-order chi connectivity index (χ1) is 9.37. The minimum atomic E-state index is -0.939. The molecule has 0 aromatic heterocycles. The van der Waals surface area contributed by atoms with Gasteiger partial charge in [0.1, 0.15) is 5.60 Å². The monoisotopic (exact) mass is 276 g/mol. The molecule has 3 aliphatic heterocycles. The van der Waals surface area contributed by atoms with Crippen LogP contribution in [0.3, 0.4) is 0 Å². The first-order valence-electron chi connectivity index (χ1n) is 7.01. The molecular formula is C15H16O5. The maximum Gasteiger partial charge on any atom is 0.345 e. The van der Waals surface area contributed by atoms with Crippen LogP contribution in [0.15, 0.2) is 11.1 Å². The topological polar surface area (TPSA) is 69.7 Å². The van der Waals surface area contributed by atoms with Crippen molar-refractivity contribution in [2.45, 2.75) is 44.8 Å². The zero-order valence-electron chi connectivity index (χ0n) is 11.5. The Kier molecular flexibility index (Phi) is 2.08. The second-order valence-corrected chi connectivity index (χ2v) is 7.20. The van der Waals surface area contributed by atoms with Gasteiger partial charge >= 0.3 is 11.9 Å². The summed E-state index contributed by atoms with van der Waals surface area (Å²) in [6.07, 6.45) is 2.36. The summed E-state index contributed by atoms with van der Waals surface area (Å²) < 4.78 is 10.7. The van der Waals surface area contributed by atoms with Crippen LogP contribution < -0.4 is 0 Å². The summed E-state index contributed by atoms with van der Waals surface area (Å²) in [6.45, 7) is 4.35. The van der Waals surface area contributed by atoms with Gasteiger partial charge in [0.05, 0.1) is 17.3 Å². The Morgan fingerprint density at radius 2 is 1.95 bits per heavy atom. The summed E-state index contributed by atoms with van der Waals surface area (Å²) in [5, 5.41) is 0. The third-order valence-electron chi connectivity index (χ3n) is 5.35. The second kappa shape index (κ2) is 3.39. The van der Waals surface area contributed by atoms with E-state index in [1.54, 1.807) is 0 Å². The van der Waals surface area contributed by atoms with Crippen molar-refractivity contribution < 1.29 is 23.9 Å². The fourth-order valence-electron chi connectivity index (χ4n) is 4.64. The standard InChI is InChI=1S/C15H16O5/c1-14(2)3-7-9(5-14)15(6-16)4-8-10(11(7)20-15)13(18)19-12(8)17/h6-7,9,11H,3-5H2,1-2H3/t7-,9+,11-,15+/m1/s1. The molecule has 0 aromatic carbocycles. The number of rotatable bonds is 1. The summed E-state index contributed by atoms with van der Waals surface area (Å²) in [5.41, 5.74) is -0.0647. The van der Waals surface area contributed by atoms with Gasteiger partial charge in [0.25, 0.3) is 0 Å². The van der Waals surface area contributed by atoms with Crippen LogP contribution in [0.2, 0.25) is 0 Å². The Bertz CT molecular complexity index is 587. The molecule has 20 heavy (non-hydrogen) atoms. The molecule has 4 aliphatic rings. The number of cyclic esters (lactones) is 2. The van der Waals surface area contributed by atoms with Gasteiger partial charge in [0, 0.05) is 12.3 Å². The largest absolute Gasteiger partial charge is 0.386 e. The molecule has 4 rings (SSSR count). The Balaban J connectivity index is 1.85. The van der Waals surface area contributed by atoms with Gasteiger partial charge in [0.2, 0.25) is 0 Å². The van der Waals surface area contributed by atoms with E-state index in [2.05, 4.69) is 13.8 Å². The van der Waals surface area contributed by atoms with E-state index in [-0.39, 0.29) is 23.7 Å². The maximum atomic E-state index is 11.9. The highest BCUT2D eigenvalue weighted by Crippen LogP contribution is 2.61. The fourth-order valence-corrected chi connectivity index (χ4v) is 4.64. The van der Waals surface area contributed by atoms with Crippen LogP contribution in [0, 0.1) is 17.3 Å². The van der Waals surface area contributed by atoms with E-state index in [1.165, 1.54) is 0 Å². The van der Waals surface area contributed by atoms with Crippen molar-refractivity contribution in [2.75, 3.05) is 0 Å². The van der Waals surface area contributed by atoms with Crippen LogP contribution in [0.25, 0.3) is 0 Å². The Morgan fingerprint density at radius 3 is 2.65 bits per heavy atom. The lowest BCUT2D eigenvalue weighted by molar-refractivity contribution is -0.151. The highest BCUT2D eigenvalue weighted by molar-refractivity contribution is 6.13. The van der Waals surface area contributed by atoms with Crippen molar-refractivity contribution in [3.8, 4) is 0 Å². The first kappa shape index (κ1) is 12.3. The molecule has 0 aromatic rings. The summed E-state index contributed by atoms with van der Waals surface area (Å²) in [4.78, 5) is 35.3. The van der Waals surface area contributed by atoms with Gasteiger partial charge in [-0.3, -0.25) is 0 Å².